The molecule has 0 spiro atoms. The Hall–Kier alpha value is -2.38. The number of rotatable bonds is 7. The minimum absolute atomic E-state index is 0.0750. The monoisotopic (exact) mass is 462 g/mol. The number of carbonyl (C=O) groups is 1. The summed E-state index contributed by atoms with van der Waals surface area (Å²) in [6.07, 6.45) is 0. The lowest BCUT2D eigenvalue weighted by atomic mass is 10.2. The summed E-state index contributed by atoms with van der Waals surface area (Å²) in [6.45, 7) is 1.42. The van der Waals surface area contributed by atoms with Gasteiger partial charge in [-0.1, -0.05) is 65.7 Å². The third-order valence-corrected chi connectivity index (χ3v) is 6.87. The van der Waals surface area contributed by atoms with Crippen molar-refractivity contribution in [2.45, 2.75) is 18.4 Å². The van der Waals surface area contributed by atoms with Crippen molar-refractivity contribution in [1.29, 1.82) is 0 Å². The first-order chi connectivity index (χ1) is 14.3. The SMILES string of the molecule is Cc1ccccc1NC(=O)CN(Cc1ccc(Cl)cc1Cl)S(=O)(=O)c1ccccc1. The van der Waals surface area contributed by atoms with Crippen LogP contribution in [0.1, 0.15) is 11.1 Å². The predicted molar refractivity (Wildman–Crippen MR) is 120 cm³/mol. The van der Waals surface area contributed by atoms with Crippen molar-refractivity contribution in [3.05, 3.63) is 94.0 Å². The van der Waals surface area contributed by atoms with Crippen LogP contribution in [0.2, 0.25) is 10.0 Å². The highest BCUT2D eigenvalue weighted by atomic mass is 35.5. The zero-order valence-corrected chi connectivity index (χ0v) is 18.5. The van der Waals surface area contributed by atoms with Crippen LogP contribution >= 0.6 is 23.2 Å². The minimum Gasteiger partial charge on any atom is -0.325 e. The number of para-hydroxylation sites is 1. The molecule has 0 aliphatic rings. The Labute approximate surface area is 186 Å². The lowest BCUT2D eigenvalue weighted by Crippen LogP contribution is -2.37. The number of aryl methyl sites for hydroxylation is 1. The highest BCUT2D eigenvalue weighted by Crippen LogP contribution is 2.25. The van der Waals surface area contributed by atoms with Gasteiger partial charge in [0.1, 0.15) is 0 Å². The van der Waals surface area contributed by atoms with Gasteiger partial charge in [0.15, 0.2) is 0 Å². The van der Waals surface area contributed by atoms with E-state index in [4.69, 9.17) is 23.2 Å². The van der Waals surface area contributed by atoms with E-state index in [1.165, 1.54) is 12.1 Å². The minimum atomic E-state index is -3.94. The Bertz CT molecular complexity index is 1150. The molecule has 30 heavy (non-hydrogen) atoms. The smallest absolute Gasteiger partial charge is 0.243 e. The summed E-state index contributed by atoms with van der Waals surface area (Å²) in [5.41, 5.74) is 2.05. The summed E-state index contributed by atoms with van der Waals surface area (Å²) >= 11 is 12.2. The summed E-state index contributed by atoms with van der Waals surface area (Å²) in [5, 5.41) is 3.55. The van der Waals surface area contributed by atoms with Crippen LogP contribution < -0.4 is 5.32 Å². The second-order valence-corrected chi connectivity index (χ2v) is 9.47. The fraction of sp³-hybridized carbons (Fsp3) is 0.136. The van der Waals surface area contributed by atoms with E-state index in [9.17, 15) is 13.2 Å². The summed E-state index contributed by atoms with van der Waals surface area (Å²) in [7, 11) is -3.94. The molecule has 1 N–H and O–H groups in total. The van der Waals surface area contributed by atoms with Crippen molar-refractivity contribution in [1.82, 2.24) is 4.31 Å². The van der Waals surface area contributed by atoms with Crippen LogP contribution in [-0.2, 0) is 21.4 Å². The standard InChI is InChI=1S/C22H20Cl2N2O3S/c1-16-7-5-6-10-21(16)25-22(27)15-26(14-17-11-12-18(23)13-20(17)24)30(28,29)19-8-3-2-4-9-19/h2-13H,14-15H2,1H3,(H,25,27). The van der Waals surface area contributed by atoms with E-state index in [1.807, 2.05) is 19.1 Å². The van der Waals surface area contributed by atoms with Gasteiger partial charge in [0, 0.05) is 22.3 Å². The lowest BCUT2D eigenvalue weighted by Gasteiger charge is -2.23. The lowest BCUT2D eigenvalue weighted by molar-refractivity contribution is -0.116. The maximum absolute atomic E-state index is 13.2. The number of halogens is 2. The zero-order chi connectivity index (χ0) is 21.7. The molecule has 3 aromatic carbocycles. The maximum atomic E-state index is 13.2. The highest BCUT2D eigenvalue weighted by molar-refractivity contribution is 7.89. The molecule has 0 radical (unpaired) electrons. The van der Waals surface area contributed by atoms with E-state index in [0.717, 1.165) is 9.87 Å². The first kappa shape index (κ1) is 22.3. The molecule has 0 bridgehead atoms. The molecule has 5 nitrogen and oxygen atoms in total. The van der Waals surface area contributed by atoms with Gasteiger partial charge in [-0.15, -0.1) is 0 Å². The van der Waals surface area contributed by atoms with Gasteiger partial charge in [-0.2, -0.15) is 4.31 Å². The van der Waals surface area contributed by atoms with Crippen LogP contribution in [-0.4, -0.2) is 25.2 Å². The summed E-state index contributed by atoms with van der Waals surface area (Å²) in [4.78, 5) is 12.8. The Morgan fingerprint density at radius 2 is 1.63 bits per heavy atom. The fourth-order valence-corrected chi connectivity index (χ4v) is 4.73. The summed E-state index contributed by atoms with van der Waals surface area (Å²) < 4.78 is 27.6. The molecule has 0 heterocycles. The quantitative estimate of drug-likeness (QED) is 0.528. The summed E-state index contributed by atoms with van der Waals surface area (Å²) in [5.74, 6) is -0.450. The van der Waals surface area contributed by atoms with Gasteiger partial charge in [0.25, 0.3) is 0 Å². The first-order valence-electron chi connectivity index (χ1n) is 9.12. The van der Waals surface area contributed by atoms with E-state index >= 15 is 0 Å². The van der Waals surface area contributed by atoms with Gasteiger partial charge in [-0.05, 0) is 48.4 Å². The maximum Gasteiger partial charge on any atom is 0.243 e. The van der Waals surface area contributed by atoms with Crippen LogP contribution in [0.4, 0.5) is 5.69 Å². The first-order valence-corrected chi connectivity index (χ1v) is 11.3. The van der Waals surface area contributed by atoms with Gasteiger partial charge in [-0.3, -0.25) is 4.79 Å². The molecule has 0 saturated heterocycles. The average molecular weight is 463 g/mol. The molecule has 156 valence electrons. The van der Waals surface area contributed by atoms with Gasteiger partial charge in [0.05, 0.1) is 11.4 Å². The van der Waals surface area contributed by atoms with Crippen LogP contribution in [0, 0.1) is 6.92 Å². The molecular weight excluding hydrogens is 443 g/mol. The van der Waals surface area contributed by atoms with Crippen LogP contribution in [0.3, 0.4) is 0 Å². The molecule has 0 aliphatic carbocycles. The number of hydrogen-bond acceptors (Lipinski definition) is 3. The van der Waals surface area contributed by atoms with Crippen molar-refractivity contribution in [2.75, 3.05) is 11.9 Å². The van der Waals surface area contributed by atoms with Gasteiger partial charge >= 0.3 is 0 Å². The van der Waals surface area contributed by atoms with Crippen molar-refractivity contribution >= 4 is 44.8 Å². The second-order valence-electron chi connectivity index (χ2n) is 6.68. The largest absolute Gasteiger partial charge is 0.325 e. The van der Waals surface area contributed by atoms with E-state index in [2.05, 4.69) is 5.32 Å². The average Bonchev–Trinajstić information content (AvgIpc) is 2.71. The number of carbonyl (C=O) groups excluding carboxylic acids is 1. The molecule has 0 aliphatic heterocycles. The van der Waals surface area contributed by atoms with Gasteiger partial charge in [-0.25, -0.2) is 8.42 Å². The van der Waals surface area contributed by atoms with Crippen molar-refractivity contribution in [2.24, 2.45) is 0 Å². The van der Waals surface area contributed by atoms with Crippen molar-refractivity contribution in [3.63, 3.8) is 0 Å². The van der Waals surface area contributed by atoms with Gasteiger partial charge < -0.3 is 5.32 Å². The molecule has 0 atom stereocenters. The number of nitrogens with zero attached hydrogens (tertiary/aromatic N) is 1. The number of amides is 1. The van der Waals surface area contributed by atoms with Crippen molar-refractivity contribution < 1.29 is 13.2 Å². The highest BCUT2D eigenvalue weighted by Gasteiger charge is 2.27. The fourth-order valence-electron chi connectivity index (χ4n) is 2.87. The Morgan fingerprint density at radius 3 is 2.30 bits per heavy atom. The van der Waals surface area contributed by atoms with Crippen LogP contribution in [0.5, 0.6) is 0 Å². The number of nitrogens with one attached hydrogen (secondary N) is 1. The Balaban J connectivity index is 1.91. The molecular formula is C22H20Cl2N2O3S. The molecule has 8 heteroatoms. The van der Waals surface area contributed by atoms with E-state index in [-0.39, 0.29) is 18.0 Å². The third-order valence-electron chi connectivity index (χ3n) is 4.48. The molecule has 0 unspecified atom stereocenters. The molecule has 0 aromatic heterocycles. The summed E-state index contributed by atoms with van der Waals surface area (Å²) in [6, 6.07) is 20.1. The predicted octanol–water partition coefficient (Wildman–Crippen LogP) is 5.13. The van der Waals surface area contributed by atoms with Gasteiger partial charge in [0.2, 0.25) is 15.9 Å². The molecule has 3 aromatic rings. The van der Waals surface area contributed by atoms with E-state index in [1.54, 1.807) is 48.5 Å². The number of sulfonamides is 1. The number of anilines is 1. The number of benzene rings is 3. The van der Waals surface area contributed by atoms with Crippen molar-refractivity contribution in [3.8, 4) is 0 Å². The second kappa shape index (κ2) is 9.62. The normalized spacial score (nSPS) is 11.5. The number of hydrogen-bond donors (Lipinski definition) is 1. The Kier molecular flexibility index (Phi) is 7.15. The van der Waals surface area contributed by atoms with E-state index < -0.39 is 15.9 Å². The molecule has 1 amide bonds. The zero-order valence-electron chi connectivity index (χ0n) is 16.2. The molecule has 0 fully saturated rings. The Morgan fingerprint density at radius 1 is 0.967 bits per heavy atom. The van der Waals surface area contributed by atoms with E-state index in [0.29, 0.717) is 21.3 Å². The van der Waals surface area contributed by atoms with Crippen LogP contribution in [0.15, 0.2) is 77.7 Å². The topological polar surface area (TPSA) is 66.5 Å². The third kappa shape index (κ3) is 5.40. The molecule has 0 saturated carbocycles. The molecule has 3 rings (SSSR count). The van der Waals surface area contributed by atoms with Crippen LogP contribution in [0.25, 0.3) is 0 Å².